The average Bonchev–Trinajstić information content (AvgIpc) is 2.95. The molecule has 196 valence electrons. The van der Waals surface area contributed by atoms with Gasteiger partial charge in [-0.1, -0.05) is 103 Å². The molecule has 4 rings (SSSR count). The maximum absolute atomic E-state index is 13.9. The quantitative estimate of drug-likeness (QED) is 0.229. The SMILES string of the molecule is CC[C@@H](C)NC(=O)[C@@H](Cc1ccccc1)N(Cc1ccc(Cl)cc1)C(=O)CCc1cccc2ccccc12. The van der Waals surface area contributed by atoms with Gasteiger partial charge < -0.3 is 10.2 Å². The summed E-state index contributed by atoms with van der Waals surface area (Å²) < 4.78 is 0. The Kier molecular flexibility index (Phi) is 9.56. The van der Waals surface area contributed by atoms with Crippen LogP contribution in [0.2, 0.25) is 5.02 Å². The highest BCUT2D eigenvalue weighted by atomic mass is 35.5. The molecule has 0 aliphatic carbocycles. The molecule has 4 nitrogen and oxygen atoms in total. The molecule has 0 aliphatic heterocycles. The topological polar surface area (TPSA) is 49.4 Å². The Morgan fingerprint density at radius 3 is 2.26 bits per heavy atom. The van der Waals surface area contributed by atoms with Gasteiger partial charge in [-0.05, 0) is 59.4 Å². The molecule has 0 saturated carbocycles. The summed E-state index contributed by atoms with van der Waals surface area (Å²) in [5, 5.41) is 6.07. The normalized spacial score (nSPS) is 12.6. The number of rotatable bonds is 11. The molecule has 0 fully saturated rings. The molecule has 5 heteroatoms. The van der Waals surface area contributed by atoms with Crippen LogP contribution in [0, 0.1) is 0 Å². The maximum Gasteiger partial charge on any atom is 0.243 e. The summed E-state index contributed by atoms with van der Waals surface area (Å²) in [4.78, 5) is 29.3. The summed E-state index contributed by atoms with van der Waals surface area (Å²) >= 11 is 6.12. The van der Waals surface area contributed by atoms with Gasteiger partial charge in [0, 0.05) is 30.5 Å². The van der Waals surface area contributed by atoms with Gasteiger partial charge in [-0.3, -0.25) is 9.59 Å². The monoisotopic (exact) mass is 526 g/mol. The van der Waals surface area contributed by atoms with E-state index in [0.717, 1.165) is 33.9 Å². The van der Waals surface area contributed by atoms with Gasteiger partial charge in [0.1, 0.15) is 6.04 Å². The molecule has 0 aromatic heterocycles. The smallest absolute Gasteiger partial charge is 0.243 e. The number of hydrogen-bond acceptors (Lipinski definition) is 2. The lowest BCUT2D eigenvalue weighted by Crippen LogP contribution is -2.52. The molecular weight excluding hydrogens is 492 g/mol. The van der Waals surface area contributed by atoms with Gasteiger partial charge in [-0.2, -0.15) is 0 Å². The van der Waals surface area contributed by atoms with Crippen molar-refractivity contribution < 1.29 is 9.59 Å². The van der Waals surface area contributed by atoms with Crippen molar-refractivity contribution in [3.63, 3.8) is 0 Å². The zero-order valence-corrected chi connectivity index (χ0v) is 22.8. The van der Waals surface area contributed by atoms with E-state index in [2.05, 4.69) is 29.6 Å². The van der Waals surface area contributed by atoms with Crippen LogP contribution in [0.4, 0.5) is 0 Å². The van der Waals surface area contributed by atoms with Crippen LogP contribution in [-0.4, -0.2) is 28.8 Å². The molecule has 0 unspecified atom stereocenters. The van der Waals surface area contributed by atoms with Gasteiger partial charge >= 0.3 is 0 Å². The first-order chi connectivity index (χ1) is 18.4. The van der Waals surface area contributed by atoms with Crippen molar-refractivity contribution in [3.8, 4) is 0 Å². The molecule has 2 amide bonds. The number of fused-ring (bicyclic) bond motifs is 1. The molecule has 0 heterocycles. The van der Waals surface area contributed by atoms with Crippen molar-refractivity contribution in [1.82, 2.24) is 10.2 Å². The third-order valence-corrected chi connectivity index (χ3v) is 7.28. The number of amides is 2. The third kappa shape index (κ3) is 7.23. The van der Waals surface area contributed by atoms with Gasteiger partial charge in [0.05, 0.1) is 0 Å². The predicted molar refractivity (Wildman–Crippen MR) is 156 cm³/mol. The lowest BCUT2D eigenvalue weighted by atomic mass is 9.99. The minimum atomic E-state index is -0.637. The fraction of sp³-hybridized carbons (Fsp3) is 0.273. The van der Waals surface area contributed by atoms with Crippen LogP contribution in [-0.2, 0) is 29.0 Å². The predicted octanol–water partition coefficient (Wildman–Crippen LogP) is 6.98. The number of benzene rings is 4. The zero-order valence-electron chi connectivity index (χ0n) is 22.1. The summed E-state index contributed by atoms with van der Waals surface area (Å²) in [5.41, 5.74) is 3.08. The van der Waals surface area contributed by atoms with Gasteiger partial charge in [0.2, 0.25) is 11.8 Å². The lowest BCUT2D eigenvalue weighted by molar-refractivity contribution is -0.141. The highest BCUT2D eigenvalue weighted by molar-refractivity contribution is 6.30. The Balaban J connectivity index is 1.64. The van der Waals surface area contributed by atoms with Gasteiger partial charge in [0.15, 0.2) is 0 Å². The van der Waals surface area contributed by atoms with E-state index in [1.54, 1.807) is 4.90 Å². The molecule has 4 aromatic carbocycles. The van der Waals surface area contributed by atoms with Crippen molar-refractivity contribution in [2.24, 2.45) is 0 Å². The first-order valence-corrected chi connectivity index (χ1v) is 13.7. The van der Waals surface area contributed by atoms with Crippen LogP contribution >= 0.6 is 11.6 Å². The second-order valence-corrected chi connectivity index (χ2v) is 10.2. The Bertz CT molecular complexity index is 1350. The van der Waals surface area contributed by atoms with Gasteiger partial charge in [-0.25, -0.2) is 0 Å². The lowest BCUT2D eigenvalue weighted by Gasteiger charge is -2.32. The minimum Gasteiger partial charge on any atom is -0.352 e. The Hall–Kier alpha value is -3.63. The van der Waals surface area contributed by atoms with E-state index >= 15 is 0 Å². The molecule has 4 aromatic rings. The zero-order chi connectivity index (χ0) is 26.9. The van der Waals surface area contributed by atoms with Crippen molar-refractivity contribution in [2.75, 3.05) is 0 Å². The number of halogens is 1. The molecule has 0 saturated heterocycles. The van der Waals surface area contributed by atoms with E-state index < -0.39 is 6.04 Å². The molecular formula is C33H35ClN2O2. The van der Waals surface area contributed by atoms with Crippen molar-refractivity contribution in [1.29, 1.82) is 0 Å². The fourth-order valence-electron chi connectivity index (χ4n) is 4.68. The Morgan fingerprint density at radius 1 is 0.842 bits per heavy atom. The van der Waals surface area contributed by atoms with E-state index in [1.807, 2.05) is 86.6 Å². The number of aryl methyl sites for hydroxylation is 1. The van der Waals surface area contributed by atoms with Gasteiger partial charge in [-0.15, -0.1) is 0 Å². The molecule has 2 atom stereocenters. The second kappa shape index (κ2) is 13.3. The fourth-order valence-corrected chi connectivity index (χ4v) is 4.80. The molecule has 0 radical (unpaired) electrons. The van der Waals surface area contributed by atoms with Gasteiger partial charge in [0.25, 0.3) is 0 Å². The number of nitrogens with one attached hydrogen (secondary N) is 1. The standard InChI is InChI=1S/C33H35ClN2O2/c1-3-24(2)35-33(38)31(22-25-10-5-4-6-11-25)36(23-26-16-19-29(34)20-17-26)32(37)21-18-28-14-9-13-27-12-7-8-15-30(27)28/h4-17,19-20,24,31H,3,18,21-23H2,1-2H3,(H,35,38)/t24-,31-/m1/s1. The van der Waals surface area contributed by atoms with Crippen LogP contribution < -0.4 is 5.32 Å². The first kappa shape index (κ1) is 27.4. The number of nitrogens with zero attached hydrogens (tertiary/aromatic N) is 1. The van der Waals surface area contributed by atoms with Crippen LogP contribution in [0.15, 0.2) is 97.1 Å². The minimum absolute atomic E-state index is 0.0175. The number of hydrogen-bond donors (Lipinski definition) is 1. The second-order valence-electron chi connectivity index (χ2n) is 9.81. The maximum atomic E-state index is 13.9. The number of carbonyl (C=O) groups is 2. The van der Waals surface area contributed by atoms with E-state index in [1.165, 1.54) is 0 Å². The summed E-state index contributed by atoms with van der Waals surface area (Å²) in [6.45, 7) is 4.36. The molecule has 0 spiro atoms. The highest BCUT2D eigenvalue weighted by Crippen LogP contribution is 2.22. The van der Waals surface area contributed by atoms with E-state index in [0.29, 0.717) is 30.8 Å². The van der Waals surface area contributed by atoms with Crippen LogP contribution in [0.1, 0.15) is 43.4 Å². The highest BCUT2D eigenvalue weighted by Gasteiger charge is 2.30. The van der Waals surface area contributed by atoms with E-state index in [4.69, 9.17) is 11.6 Å². The van der Waals surface area contributed by atoms with E-state index in [9.17, 15) is 9.59 Å². The third-order valence-electron chi connectivity index (χ3n) is 7.03. The van der Waals surface area contributed by atoms with Crippen molar-refractivity contribution in [2.45, 2.75) is 58.2 Å². The molecule has 38 heavy (non-hydrogen) atoms. The molecule has 1 N–H and O–H groups in total. The Labute approximate surface area is 230 Å². The largest absolute Gasteiger partial charge is 0.352 e. The van der Waals surface area contributed by atoms with Crippen LogP contribution in [0.25, 0.3) is 10.8 Å². The van der Waals surface area contributed by atoms with Crippen molar-refractivity contribution >= 4 is 34.2 Å². The first-order valence-electron chi connectivity index (χ1n) is 13.3. The molecule has 0 bridgehead atoms. The summed E-state index contributed by atoms with van der Waals surface area (Å²) in [6, 6.07) is 31.2. The average molecular weight is 527 g/mol. The van der Waals surface area contributed by atoms with Crippen LogP contribution in [0.3, 0.4) is 0 Å². The summed E-state index contributed by atoms with van der Waals surface area (Å²) in [7, 11) is 0. The number of carbonyl (C=O) groups excluding carboxylic acids is 2. The summed E-state index contributed by atoms with van der Waals surface area (Å²) in [5.74, 6) is -0.177. The summed E-state index contributed by atoms with van der Waals surface area (Å²) in [6.07, 6.45) is 2.17. The van der Waals surface area contributed by atoms with Crippen LogP contribution in [0.5, 0.6) is 0 Å². The van der Waals surface area contributed by atoms with Crippen molar-refractivity contribution in [3.05, 3.63) is 119 Å². The molecule has 0 aliphatic rings. The van der Waals surface area contributed by atoms with E-state index in [-0.39, 0.29) is 17.9 Å². The Morgan fingerprint density at radius 2 is 1.53 bits per heavy atom.